The van der Waals surface area contributed by atoms with Crippen LogP contribution in [0.3, 0.4) is 0 Å². The fourth-order valence-corrected chi connectivity index (χ4v) is 3.08. The number of nitrogens with two attached hydrogens (primary N) is 1. The van der Waals surface area contributed by atoms with Crippen molar-refractivity contribution in [3.8, 4) is 17.1 Å². The van der Waals surface area contributed by atoms with Crippen molar-refractivity contribution in [2.75, 3.05) is 12.8 Å². The highest BCUT2D eigenvalue weighted by Crippen LogP contribution is 2.32. The zero-order valence-corrected chi connectivity index (χ0v) is 15.0. The smallest absolute Gasteiger partial charge is 0.295 e. The highest BCUT2D eigenvalue weighted by molar-refractivity contribution is 5.55. The number of aromatic nitrogens is 2. The number of rotatable bonds is 3. The molecule has 3 aromatic rings. The van der Waals surface area contributed by atoms with Crippen LogP contribution in [-0.4, -0.2) is 16.5 Å². The van der Waals surface area contributed by atoms with Gasteiger partial charge in [0, 0.05) is 5.41 Å². The summed E-state index contributed by atoms with van der Waals surface area (Å²) >= 11 is 0. The molecule has 25 heavy (non-hydrogen) atoms. The predicted molar refractivity (Wildman–Crippen MR) is 101 cm³/mol. The molecule has 1 heterocycles. The van der Waals surface area contributed by atoms with Crippen LogP contribution in [0.15, 0.2) is 59.4 Å². The van der Waals surface area contributed by atoms with Crippen LogP contribution in [0.4, 0.5) is 5.69 Å². The number of nitrogens with zero attached hydrogens (tertiary/aromatic N) is 2. The largest absolute Gasteiger partial charge is 0.494 e. The number of ether oxygens (including phenoxy) is 1. The Balaban J connectivity index is 2.46. The van der Waals surface area contributed by atoms with Crippen molar-refractivity contribution in [3.05, 3.63) is 70.6 Å². The lowest BCUT2D eigenvalue weighted by atomic mass is 9.91. The Morgan fingerprint density at radius 2 is 1.52 bits per heavy atom. The van der Waals surface area contributed by atoms with Crippen molar-refractivity contribution < 1.29 is 4.74 Å². The van der Waals surface area contributed by atoms with E-state index < -0.39 is 0 Å². The number of nitrogen functional groups attached to an aromatic ring is 1. The van der Waals surface area contributed by atoms with Crippen LogP contribution in [0.25, 0.3) is 11.4 Å². The second-order valence-electron chi connectivity index (χ2n) is 6.95. The third kappa shape index (κ3) is 2.82. The number of hydrogen-bond acceptors (Lipinski definition) is 3. The molecule has 0 aliphatic rings. The first-order chi connectivity index (χ1) is 11.9. The van der Waals surface area contributed by atoms with Crippen LogP contribution in [0.2, 0.25) is 0 Å². The Labute approximate surface area is 147 Å². The van der Waals surface area contributed by atoms with E-state index in [0.29, 0.717) is 11.4 Å². The standard InChI is InChI=1S/C20H23N3O2/c1-20(2,3)18-17(21)19(24)23(15-12-8-9-13-16(15)25-4)22(18)14-10-6-5-7-11-14/h5-13H,21H2,1-4H3. The summed E-state index contributed by atoms with van der Waals surface area (Å²) in [7, 11) is 1.59. The van der Waals surface area contributed by atoms with E-state index in [4.69, 9.17) is 10.5 Å². The van der Waals surface area contributed by atoms with Crippen LogP contribution in [0, 0.1) is 0 Å². The van der Waals surface area contributed by atoms with Gasteiger partial charge in [0.05, 0.1) is 18.5 Å². The van der Waals surface area contributed by atoms with Gasteiger partial charge in [-0.3, -0.25) is 4.79 Å². The maximum atomic E-state index is 13.1. The summed E-state index contributed by atoms with van der Waals surface area (Å²) in [4.78, 5) is 13.1. The van der Waals surface area contributed by atoms with Gasteiger partial charge in [-0.05, 0) is 24.3 Å². The zero-order valence-electron chi connectivity index (χ0n) is 15.0. The summed E-state index contributed by atoms with van der Waals surface area (Å²) < 4.78 is 8.94. The minimum Gasteiger partial charge on any atom is -0.494 e. The Bertz CT molecular complexity index is 947. The molecule has 0 fully saturated rings. The summed E-state index contributed by atoms with van der Waals surface area (Å²) in [6.45, 7) is 6.14. The summed E-state index contributed by atoms with van der Waals surface area (Å²) in [5, 5.41) is 0. The van der Waals surface area contributed by atoms with E-state index >= 15 is 0 Å². The zero-order chi connectivity index (χ0) is 18.2. The van der Waals surface area contributed by atoms with E-state index in [9.17, 15) is 4.79 Å². The third-order valence-electron chi connectivity index (χ3n) is 4.11. The van der Waals surface area contributed by atoms with Crippen molar-refractivity contribution in [3.63, 3.8) is 0 Å². The Morgan fingerprint density at radius 3 is 2.12 bits per heavy atom. The Morgan fingerprint density at radius 1 is 0.920 bits per heavy atom. The average Bonchev–Trinajstić information content (AvgIpc) is 2.87. The Hall–Kier alpha value is -2.95. The molecule has 0 spiro atoms. The lowest BCUT2D eigenvalue weighted by Gasteiger charge is -2.24. The first kappa shape index (κ1) is 16.9. The van der Waals surface area contributed by atoms with Crippen LogP contribution in [0.5, 0.6) is 5.75 Å². The van der Waals surface area contributed by atoms with E-state index in [-0.39, 0.29) is 16.7 Å². The number of hydrogen-bond donors (Lipinski definition) is 1. The van der Waals surface area contributed by atoms with Crippen molar-refractivity contribution in [1.29, 1.82) is 0 Å². The summed E-state index contributed by atoms with van der Waals surface area (Å²) in [5.41, 5.74) is 8.24. The van der Waals surface area contributed by atoms with Crippen molar-refractivity contribution in [1.82, 2.24) is 9.36 Å². The molecule has 0 radical (unpaired) electrons. The topological polar surface area (TPSA) is 62.2 Å². The first-order valence-corrected chi connectivity index (χ1v) is 8.19. The minimum absolute atomic E-state index is 0.252. The molecule has 5 nitrogen and oxygen atoms in total. The average molecular weight is 337 g/mol. The van der Waals surface area contributed by atoms with Gasteiger partial charge in [-0.25, -0.2) is 9.36 Å². The van der Waals surface area contributed by atoms with Gasteiger partial charge in [-0.1, -0.05) is 51.1 Å². The van der Waals surface area contributed by atoms with E-state index in [1.54, 1.807) is 11.8 Å². The van der Waals surface area contributed by atoms with Gasteiger partial charge >= 0.3 is 0 Å². The Kier molecular flexibility index (Phi) is 4.17. The van der Waals surface area contributed by atoms with Crippen LogP contribution < -0.4 is 16.0 Å². The third-order valence-corrected chi connectivity index (χ3v) is 4.11. The van der Waals surface area contributed by atoms with Crippen molar-refractivity contribution in [2.24, 2.45) is 0 Å². The fraction of sp³-hybridized carbons (Fsp3) is 0.250. The SMILES string of the molecule is COc1ccccc1-n1c(=O)c(N)c(C(C)(C)C)n1-c1ccccc1. The summed E-state index contributed by atoms with van der Waals surface area (Å²) in [5.74, 6) is 0.611. The molecule has 0 atom stereocenters. The second-order valence-corrected chi connectivity index (χ2v) is 6.95. The van der Waals surface area contributed by atoms with Gasteiger partial charge < -0.3 is 10.5 Å². The molecule has 0 saturated heterocycles. The number of para-hydroxylation sites is 3. The molecule has 3 rings (SSSR count). The van der Waals surface area contributed by atoms with Gasteiger partial charge in [0.1, 0.15) is 17.1 Å². The van der Waals surface area contributed by atoms with Gasteiger partial charge in [-0.2, -0.15) is 0 Å². The molecule has 0 bridgehead atoms. The molecular formula is C20H23N3O2. The van der Waals surface area contributed by atoms with E-state index in [1.165, 1.54) is 0 Å². The quantitative estimate of drug-likeness (QED) is 0.795. The van der Waals surface area contributed by atoms with Crippen LogP contribution in [0.1, 0.15) is 26.5 Å². The van der Waals surface area contributed by atoms with E-state index in [0.717, 1.165) is 11.4 Å². The number of anilines is 1. The molecule has 0 unspecified atom stereocenters. The molecule has 0 aliphatic heterocycles. The molecule has 1 aromatic heterocycles. The van der Waals surface area contributed by atoms with Crippen molar-refractivity contribution in [2.45, 2.75) is 26.2 Å². The molecule has 130 valence electrons. The first-order valence-electron chi connectivity index (χ1n) is 8.19. The monoisotopic (exact) mass is 337 g/mol. The number of methoxy groups -OCH3 is 1. The summed E-state index contributed by atoms with van der Waals surface area (Å²) in [6.07, 6.45) is 0. The van der Waals surface area contributed by atoms with Gasteiger partial charge in [-0.15, -0.1) is 0 Å². The normalized spacial score (nSPS) is 11.5. The molecular weight excluding hydrogens is 314 g/mol. The fourth-order valence-electron chi connectivity index (χ4n) is 3.08. The van der Waals surface area contributed by atoms with E-state index in [2.05, 4.69) is 0 Å². The maximum Gasteiger partial charge on any atom is 0.295 e. The van der Waals surface area contributed by atoms with Gasteiger partial charge in [0.2, 0.25) is 0 Å². The van der Waals surface area contributed by atoms with Crippen LogP contribution in [-0.2, 0) is 5.41 Å². The van der Waals surface area contributed by atoms with Gasteiger partial charge in [0.15, 0.2) is 0 Å². The molecule has 0 aliphatic carbocycles. The molecule has 2 aromatic carbocycles. The maximum absolute atomic E-state index is 13.1. The molecule has 0 saturated carbocycles. The molecule has 0 amide bonds. The predicted octanol–water partition coefficient (Wildman–Crippen LogP) is 3.52. The number of benzene rings is 2. The second kappa shape index (κ2) is 6.16. The molecule has 2 N–H and O–H groups in total. The lowest BCUT2D eigenvalue weighted by Crippen LogP contribution is -2.24. The summed E-state index contributed by atoms with van der Waals surface area (Å²) in [6, 6.07) is 17.2. The highest BCUT2D eigenvalue weighted by Gasteiger charge is 2.29. The van der Waals surface area contributed by atoms with Gasteiger partial charge in [0.25, 0.3) is 5.56 Å². The van der Waals surface area contributed by atoms with Crippen LogP contribution >= 0.6 is 0 Å². The minimum atomic E-state index is -0.313. The van der Waals surface area contributed by atoms with E-state index in [1.807, 2.05) is 80.1 Å². The highest BCUT2D eigenvalue weighted by atomic mass is 16.5. The van der Waals surface area contributed by atoms with Crippen molar-refractivity contribution >= 4 is 5.69 Å². The molecule has 5 heteroatoms. The lowest BCUT2D eigenvalue weighted by molar-refractivity contribution is 0.409.